The number of hydrogen-bond donors (Lipinski definition) is 2. The van der Waals surface area contributed by atoms with E-state index in [0.717, 1.165) is 24.8 Å². The molecule has 0 fully saturated rings. The molecular formula is C26H28ClN3O4. The van der Waals surface area contributed by atoms with Crippen LogP contribution in [0.2, 0.25) is 5.02 Å². The molecule has 3 aromatic rings. The Morgan fingerprint density at radius 1 is 1.24 bits per heavy atom. The SMILES string of the molecule is C=CCN1C(=O)c2[nH]nc(-c3cc(Cl)ccc3O)c2C1c1ccc(OCCCCC)c(OC)c1. The van der Waals surface area contributed by atoms with Gasteiger partial charge in [0.1, 0.15) is 17.1 Å². The highest BCUT2D eigenvalue weighted by Gasteiger charge is 2.42. The van der Waals surface area contributed by atoms with E-state index in [1.807, 2.05) is 18.2 Å². The van der Waals surface area contributed by atoms with Crippen molar-refractivity contribution in [3.8, 4) is 28.5 Å². The number of amides is 1. The number of aromatic hydroxyl groups is 1. The number of carbonyl (C=O) groups is 1. The molecule has 0 aliphatic carbocycles. The van der Waals surface area contributed by atoms with E-state index in [0.29, 0.717) is 52.2 Å². The standard InChI is InChI=1S/C26H28ClN3O4/c1-4-6-7-13-34-20-11-8-16(14-21(20)33-3)25-22-23(18-15-17(27)9-10-19(18)31)28-29-24(22)26(32)30(25)12-5-2/h5,8-11,14-15,25,31H,2,4,6-7,12-13H2,1,3H3,(H,28,29). The number of carbonyl (C=O) groups excluding carboxylic acids is 1. The Labute approximate surface area is 204 Å². The number of fused-ring (bicyclic) bond motifs is 1. The highest BCUT2D eigenvalue weighted by Crippen LogP contribution is 2.46. The van der Waals surface area contributed by atoms with Crippen molar-refractivity contribution in [2.45, 2.75) is 32.2 Å². The van der Waals surface area contributed by atoms with Gasteiger partial charge in [0.15, 0.2) is 11.5 Å². The number of halogens is 1. The fourth-order valence-corrected chi connectivity index (χ4v) is 4.45. The van der Waals surface area contributed by atoms with E-state index in [1.54, 1.807) is 30.2 Å². The lowest BCUT2D eigenvalue weighted by atomic mass is 9.95. The second kappa shape index (κ2) is 10.2. The molecule has 0 saturated carbocycles. The van der Waals surface area contributed by atoms with Crippen LogP contribution in [0.3, 0.4) is 0 Å². The molecule has 1 aliphatic rings. The van der Waals surface area contributed by atoms with Crippen molar-refractivity contribution in [2.24, 2.45) is 0 Å². The zero-order valence-corrected chi connectivity index (χ0v) is 20.1. The van der Waals surface area contributed by atoms with Crippen LogP contribution < -0.4 is 9.47 Å². The van der Waals surface area contributed by atoms with Crippen LogP contribution in [0.1, 0.15) is 53.8 Å². The van der Waals surface area contributed by atoms with Gasteiger partial charge in [-0.05, 0) is 42.3 Å². The van der Waals surface area contributed by atoms with Gasteiger partial charge in [-0.3, -0.25) is 9.89 Å². The van der Waals surface area contributed by atoms with E-state index in [1.165, 1.54) is 6.07 Å². The van der Waals surface area contributed by atoms with Crippen molar-refractivity contribution in [2.75, 3.05) is 20.3 Å². The minimum absolute atomic E-state index is 0.0282. The highest BCUT2D eigenvalue weighted by atomic mass is 35.5. The summed E-state index contributed by atoms with van der Waals surface area (Å²) in [5.74, 6) is 1.07. The molecule has 8 heteroatoms. The summed E-state index contributed by atoms with van der Waals surface area (Å²) in [7, 11) is 1.60. The van der Waals surface area contributed by atoms with Gasteiger partial charge in [0.05, 0.1) is 19.8 Å². The van der Waals surface area contributed by atoms with E-state index < -0.39 is 6.04 Å². The quantitative estimate of drug-likeness (QED) is 0.284. The van der Waals surface area contributed by atoms with E-state index in [2.05, 4.69) is 23.7 Å². The Morgan fingerprint density at radius 3 is 2.79 bits per heavy atom. The number of aromatic amines is 1. The van der Waals surface area contributed by atoms with Gasteiger partial charge in [-0.25, -0.2) is 0 Å². The molecule has 1 atom stereocenters. The number of ether oxygens (including phenoxy) is 2. The van der Waals surface area contributed by atoms with Gasteiger partial charge < -0.3 is 19.5 Å². The largest absolute Gasteiger partial charge is 0.507 e. The van der Waals surface area contributed by atoms with Crippen molar-refractivity contribution in [1.82, 2.24) is 15.1 Å². The number of phenolic OH excluding ortho intramolecular Hbond substituents is 1. The maximum Gasteiger partial charge on any atom is 0.273 e. The van der Waals surface area contributed by atoms with Crippen molar-refractivity contribution in [3.63, 3.8) is 0 Å². The Morgan fingerprint density at radius 2 is 2.06 bits per heavy atom. The van der Waals surface area contributed by atoms with Crippen LogP contribution in [0.15, 0.2) is 49.1 Å². The molecule has 1 amide bonds. The van der Waals surface area contributed by atoms with Gasteiger partial charge in [-0.1, -0.05) is 43.5 Å². The summed E-state index contributed by atoms with van der Waals surface area (Å²) in [5, 5.41) is 18.2. The van der Waals surface area contributed by atoms with Gasteiger partial charge in [0.2, 0.25) is 0 Å². The Hall–Kier alpha value is -3.45. The minimum Gasteiger partial charge on any atom is -0.507 e. The first-order chi connectivity index (χ1) is 16.5. The lowest BCUT2D eigenvalue weighted by Gasteiger charge is -2.26. The summed E-state index contributed by atoms with van der Waals surface area (Å²) >= 11 is 6.19. The first kappa shape index (κ1) is 23.7. The zero-order chi connectivity index (χ0) is 24.2. The first-order valence-corrected chi connectivity index (χ1v) is 11.7. The summed E-state index contributed by atoms with van der Waals surface area (Å²) in [6.45, 7) is 6.91. The van der Waals surface area contributed by atoms with Crippen LogP contribution in [0.4, 0.5) is 0 Å². The van der Waals surface area contributed by atoms with Gasteiger partial charge in [-0.2, -0.15) is 5.10 Å². The molecule has 4 rings (SSSR count). The Balaban J connectivity index is 1.78. The number of nitrogens with one attached hydrogen (secondary N) is 1. The fourth-order valence-electron chi connectivity index (χ4n) is 4.28. The summed E-state index contributed by atoms with van der Waals surface area (Å²) in [6, 6.07) is 9.96. The van der Waals surface area contributed by atoms with Crippen molar-refractivity contribution in [3.05, 3.63) is 70.9 Å². The van der Waals surface area contributed by atoms with Crippen molar-refractivity contribution in [1.29, 1.82) is 0 Å². The van der Waals surface area contributed by atoms with E-state index in [-0.39, 0.29) is 11.7 Å². The average Bonchev–Trinajstić information content (AvgIpc) is 3.38. The summed E-state index contributed by atoms with van der Waals surface area (Å²) in [4.78, 5) is 15.0. The van der Waals surface area contributed by atoms with Gasteiger partial charge in [-0.15, -0.1) is 6.58 Å². The van der Waals surface area contributed by atoms with Crippen LogP contribution in [0, 0.1) is 0 Å². The first-order valence-electron chi connectivity index (χ1n) is 11.3. The number of hydrogen-bond acceptors (Lipinski definition) is 5. The number of aromatic nitrogens is 2. The van der Waals surface area contributed by atoms with E-state index >= 15 is 0 Å². The van der Waals surface area contributed by atoms with Gasteiger partial charge in [0.25, 0.3) is 5.91 Å². The number of unbranched alkanes of at least 4 members (excludes halogenated alkanes) is 2. The summed E-state index contributed by atoms with van der Waals surface area (Å²) < 4.78 is 11.5. The third-order valence-electron chi connectivity index (χ3n) is 5.91. The van der Waals surface area contributed by atoms with E-state index in [9.17, 15) is 9.90 Å². The number of rotatable bonds is 10. The predicted octanol–water partition coefficient (Wildman–Crippen LogP) is 5.74. The smallest absolute Gasteiger partial charge is 0.273 e. The number of phenols is 1. The third kappa shape index (κ3) is 4.35. The van der Waals surface area contributed by atoms with Crippen molar-refractivity contribution < 1.29 is 19.4 Å². The van der Waals surface area contributed by atoms with Crippen LogP contribution in [0.25, 0.3) is 11.3 Å². The molecule has 1 aromatic heterocycles. The lowest BCUT2D eigenvalue weighted by Crippen LogP contribution is -2.29. The molecule has 1 aliphatic heterocycles. The molecule has 2 aromatic carbocycles. The second-order valence-electron chi connectivity index (χ2n) is 8.14. The minimum atomic E-state index is -0.462. The predicted molar refractivity (Wildman–Crippen MR) is 132 cm³/mol. The zero-order valence-electron chi connectivity index (χ0n) is 19.3. The molecule has 2 heterocycles. The molecule has 7 nitrogen and oxygen atoms in total. The molecule has 0 radical (unpaired) electrons. The maximum atomic E-state index is 13.3. The van der Waals surface area contributed by atoms with Gasteiger partial charge >= 0.3 is 0 Å². The molecule has 0 bridgehead atoms. The van der Waals surface area contributed by atoms with Crippen LogP contribution in [0.5, 0.6) is 17.2 Å². The molecule has 1 unspecified atom stereocenters. The Bertz CT molecular complexity index is 1210. The van der Waals surface area contributed by atoms with E-state index in [4.69, 9.17) is 21.1 Å². The normalized spacial score (nSPS) is 14.9. The number of H-pyrrole nitrogens is 1. The molecule has 34 heavy (non-hydrogen) atoms. The molecular weight excluding hydrogens is 454 g/mol. The average molecular weight is 482 g/mol. The second-order valence-corrected chi connectivity index (χ2v) is 8.57. The monoisotopic (exact) mass is 481 g/mol. The molecule has 178 valence electrons. The van der Waals surface area contributed by atoms with Crippen LogP contribution in [-0.2, 0) is 0 Å². The molecule has 2 N–H and O–H groups in total. The third-order valence-corrected chi connectivity index (χ3v) is 6.15. The van der Waals surface area contributed by atoms with Gasteiger partial charge in [0, 0.05) is 22.7 Å². The lowest BCUT2D eigenvalue weighted by molar-refractivity contribution is 0.0764. The molecule has 0 spiro atoms. The summed E-state index contributed by atoms with van der Waals surface area (Å²) in [6.07, 6.45) is 4.87. The highest BCUT2D eigenvalue weighted by molar-refractivity contribution is 6.31. The summed E-state index contributed by atoms with van der Waals surface area (Å²) in [5.41, 5.74) is 2.80. The molecule has 0 saturated heterocycles. The number of methoxy groups -OCH3 is 1. The Kier molecular flexibility index (Phi) is 7.12. The van der Waals surface area contributed by atoms with Crippen LogP contribution >= 0.6 is 11.6 Å². The number of benzene rings is 2. The van der Waals surface area contributed by atoms with Crippen LogP contribution in [-0.4, -0.2) is 46.4 Å². The maximum absolute atomic E-state index is 13.3. The number of nitrogens with zero attached hydrogens (tertiary/aromatic N) is 2. The topological polar surface area (TPSA) is 87.7 Å². The van der Waals surface area contributed by atoms with Crippen molar-refractivity contribution >= 4 is 17.5 Å². The fraction of sp³-hybridized carbons (Fsp3) is 0.308.